The van der Waals surface area contributed by atoms with Gasteiger partial charge >= 0.3 is 0 Å². The molecule has 0 fully saturated rings. The van der Waals surface area contributed by atoms with Crippen LogP contribution in [0.1, 0.15) is 44.3 Å². The molecule has 0 bridgehead atoms. The summed E-state index contributed by atoms with van der Waals surface area (Å²) in [4.78, 5) is 4.46. The molecule has 0 radical (unpaired) electrons. The van der Waals surface area contributed by atoms with E-state index in [1.54, 1.807) is 0 Å². The van der Waals surface area contributed by atoms with Crippen LogP contribution < -0.4 is 0 Å². The van der Waals surface area contributed by atoms with Crippen molar-refractivity contribution in [2.75, 3.05) is 6.54 Å². The van der Waals surface area contributed by atoms with E-state index in [1.807, 2.05) is 18.2 Å². The first kappa shape index (κ1) is 11.2. The summed E-state index contributed by atoms with van der Waals surface area (Å²) in [6.45, 7) is 3.00. The molecule has 0 saturated heterocycles. The highest BCUT2D eigenvalue weighted by Crippen LogP contribution is 2.24. The van der Waals surface area contributed by atoms with Crippen LogP contribution in [-0.2, 0) is 4.74 Å². The number of nitrogens with zero attached hydrogens (tertiary/aromatic N) is 1. The average molecular weight is 217 g/mol. The number of unbranched alkanes of at least 4 members (excludes halogenated alkanes) is 2. The zero-order valence-electron chi connectivity index (χ0n) is 9.86. The summed E-state index contributed by atoms with van der Waals surface area (Å²) in [5, 5.41) is 0. The lowest BCUT2D eigenvalue weighted by Crippen LogP contribution is -2.04. The molecule has 1 aromatic rings. The predicted octanol–water partition coefficient (Wildman–Crippen LogP) is 3.74. The molecule has 0 amide bonds. The van der Waals surface area contributed by atoms with Crippen LogP contribution in [0.3, 0.4) is 0 Å². The van der Waals surface area contributed by atoms with Crippen LogP contribution in [-0.4, -0.2) is 12.4 Å². The first-order valence-corrected chi connectivity index (χ1v) is 6.15. The molecule has 86 valence electrons. The summed E-state index contributed by atoms with van der Waals surface area (Å²) in [6.07, 6.45) is 4.85. The minimum atomic E-state index is 0.151. The van der Waals surface area contributed by atoms with Crippen molar-refractivity contribution in [3.05, 3.63) is 35.9 Å². The maximum Gasteiger partial charge on any atom is 0.184 e. The Balaban J connectivity index is 1.82. The predicted molar refractivity (Wildman–Crippen MR) is 66.7 cm³/mol. The van der Waals surface area contributed by atoms with Crippen molar-refractivity contribution in [1.29, 1.82) is 0 Å². The van der Waals surface area contributed by atoms with Crippen LogP contribution >= 0.6 is 0 Å². The van der Waals surface area contributed by atoms with E-state index in [1.165, 1.54) is 24.8 Å². The molecule has 0 aliphatic carbocycles. The van der Waals surface area contributed by atoms with Gasteiger partial charge in [-0.2, -0.15) is 0 Å². The van der Waals surface area contributed by atoms with E-state index < -0.39 is 0 Å². The van der Waals surface area contributed by atoms with E-state index >= 15 is 0 Å². The van der Waals surface area contributed by atoms with Gasteiger partial charge in [0.1, 0.15) is 6.10 Å². The normalized spacial score (nSPS) is 19.3. The van der Waals surface area contributed by atoms with Gasteiger partial charge in [0.05, 0.1) is 6.54 Å². The Labute approximate surface area is 97.4 Å². The number of ether oxygens (including phenoxy) is 1. The molecule has 0 saturated carbocycles. The monoisotopic (exact) mass is 217 g/mol. The standard InChI is InChI=1S/C14H19NO/c1-2-3-5-10-14-15-11-13(16-14)12-8-6-4-7-9-12/h4,6-9,13H,2-3,5,10-11H2,1H3. The fourth-order valence-corrected chi connectivity index (χ4v) is 1.93. The molecule has 2 rings (SSSR count). The smallest absolute Gasteiger partial charge is 0.184 e. The second kappa shape index (κ2) is 5.69. The molecule has 1 aliphatic heterocycles. The van der Waals surface area contributed by atoms with Crippen molar-refractivity contribution < 1.29 is 4.74 Å². The Bertz CT molecular complexity index is 345. The zero-order valence-corrected chi connectivity index (χ0v) is 9.86. The molecule has 0 spiro atoms. The van der Waals surface area contributed by atoms with Gasteiger partial charge in [-0.25, -0.2) is 0 Å². The minimum absolute atomic E-state index is 0.151. The van der Waals surface area contributed by atoms with Crippen molar-refractivity contribution in [3.63, 3.8) is 0 Å². The zero-order chi connectivity index (χ0) is 11.2. The summed E-state index contributed by atoms with van der Waals surface area (Å²) in [7, 11) is 0. The van der Waals surface area contributed by atoms with E-state index in [0.29, 0.717) is 0 Å². The van der Waals surface area contributed by atoms with E-state index in [4.69, 9.17) is 4.74 Å². The van der Waals surface area contributed by atoms with Crippen molar-refractivity contribution in [2.45, 2.75) is 38.7 Å². The summed E-state index contributed by atoms with van der Waals surface area (Å²) in [6, 6.07) is 10.3. The molecule has 1 aromatic carbocycles. The largest absolute Gasteiger partial charge is 0.471 e. The van der Waals surface area contributed by atoms with Crippen LogP contribution in [0.5, 0.6) is 0 Å². The Morgan fingerprint density at radius 3 is 2.81 bits per heavy atom. The first-order valence-electron chi connectivity index (χ1n) is 6.15. The van der Waals surface area contributed by atoms with Crippen molar-refractivity contribution in [2.24, 2.45) is 4.99 Å². The number of hydrogen-bond donors (Lipinski definition) is 0. The number of hydrogen-bond acceptors (Lipinski definition) is 2. The second-order valence-corrected chi connectivity index (χ2v) is 4.21. The van der Waals surface area contributed by atoms with E-state index in [-0.39, 0.29) is 6.10 Å². The topological polar surface area (TPSA) is 21.6 Å². The lowest BCUT2D eigenvalue weighted by atomic mass is 10.1. The summed E-state index contributed by atoms with van der Waals surface area (Å²) < 4.78 is 5.84. The maximum absolute atomic E-state index is 5.84. The quantitative estimate of drug-likeness (QED) is 0.688. The van der Waals surface area contributed by atoms with Crippen molar-refractivity contribution >= 4 is 5.90 Å². The lowest BCUT2D eigenvalue weighted by molar-refractivity contribution is 0.223. The maximum atomic E-state index is 5.84. The van der Waals surface area contributed by atoms with Gasteiger partial charge in [0.25, 0.3) is 0 Å². The van der Waals surface area contributed by atoms with E-state index in [0.717, 1.165) is 18.9 Å². The first-order chi connectivity index (χ1) is 7.90. The number of benzene rings is 1. The molecular formula is C14H19NO. The molecule has 1 heterocycles. The fourth-order valence-electron chi connectivity index (χ4n) is 1.93. The molecule has 1 atom stereocenters. The number of aliphatic imine (C=N–C) groups is 1. The molecule has 2 heteroatoms. The fraction of sp³-hybridized carbons (Fsp3) is 0.500. The van der Waals surface area contributed by atoms with Gasteiger partial charge in [-0.3, -0.25) is 4.99 Å². The highest BCUT2D eigenvalue weighted by Gasteiger charge is 2.20. The summed E-state index contributed by atoms with van der Waals surface area (Å²) >= 11 is 0. The number of rotatable bonds is 5. The van der Waals surface area contributed by atoms with Gasteiger partial charge in [0, 0.05) is 6.42 Å². The highest BCUT2D eigenvalue weighted by molar-refractivity contribution is 5.77. The molecule has 0 aromatic heterocycles. The Hall–Kier alpha value is -1.31. The summed E-state index contributed by atoms with van der Waals surface area (Å²) in [5.41, 5.74) is 1.23. The Kier molecular flexibility index (Phi) is 3.97. The minimum Gasteiger partial charge on any atom is -0.471 e. The molecule has 2 nitrogen and oxygen atoms in total. The third-order valence-corrected chi connectivity index (χ3v) is 2.88. The third kappa shape index (κ3) is 2.84. The third-order valence-electron chi connectivity index (χ3n) is 2.88. The Morgan fingerprint density at radius 2 is 2.06 bits per heavy atom. The summed E-state index contributed by atoms with van der Waals surface area (Å²) in [5.74, 6) is 0.947. The van der Waals surface area contributed by atoms with Gasteiger partial charge in [-0.15, -0.1) is 0 Å². The van der Waals surface area contributed by atoms with Crippen molar-refractivity contribution in [1.82, 2.24) is 0 Å². The molecule has 16 heavy (non-hydrogen) atoms. The van der Waals surface area contributed by atoms with E-state index in [2.05, 4.69) is 24.0 Å². The Morgan fingerprint density at radius 1 is 1.25 bits per heavy atom. The molecule has 0 N–H and O–H groups in total. The van der Waals surface area contributed by atoms with Crippen LogP contribution in [0.15, 0.2) is 35.3 Å². The van der Waals surface area contributed by atoms with Gasteiger partial charge in [-0.05, 0) is 12.0 Å². The lowest BCUT2D eigenvalue weighted by Gasteiger charge is -2.11. The second-order valence-electron chi connectivity index (χ2n) is 4.21. The highest BCUT2D eigenvalue weighted by atomic mass is 16.5. The molecule has 1 aliphatic rings. The van der Waals surface area contributed by atoms with Crippen molar-refractivity contribution in [3.8, 4) is 0 Å². The molecule has 1 unspecified atom stereocenters. The van der Waals surface area contributed by atoms with E-state index in [9.17, 15) is 0 Å². The average Bonchev–Trinajstić information content (AvgIpc) is 2.79. The molecular weight excluding hydrogens is 198 g/mol. The van der Waals surface area contributed by atoms with Gasteiger partial charge in [0.15, 0.2) is 5.90 Å². The van der Waals surface area contributed by atoms with Crippen LogP contribution in [0, 0.1) is 0 Å². The van der Waals surface area contributed by atoms with Crippen LogP contribution in [0.4, 0.5) is 0 Å². The van der Waals surface area contributed by atoms with Gasteiger partial charge in [-0.1, -0.05) is 50.1 Å². The van der Waals surface area contributed by atoms with Gasteiger partial charge < -0.3 is 4.74 Å². The van der Waals surface area contributed by atoms with Crippen LogP contribution in [0.2, 0.25) is 0 Å². The van der Waals surface area contributed by atoms with Crippen LogP contribution in [0.25, 0.3) is 0 Å². The van der Waals surface area contributed by atoms with Gasteiger partial charge in [0.2, 0.25) is 0 Å². The SMILES string of the molecule is CCCCCC1=NCC(c2ccccc2)O1.